The molecule has 0 aromatic heterocycles. The molecule has 2 rings (SSSR count). The third-order valence-corrected chi connectivity index (χ3v) is 3.94. The number of carbonyl (C=O) groups is 2. The first-order chi connectivity index (χ1) is 12.0. The molecule has 6 nitrogen and oxygen atoms in total. The molecule has 8 heteroatoms. The molecule has 2 N–H and O–H groups in total. The van der Waals surface area contributed by atoms with Crippen molar-refractivity contribution in [2.45, 2.75) is 38.8 Å². The second kappa shape index (κ2) is 9.31. The Morgan fingerprint density at radius 3 is 2.80 bits per heavy atom. The number of ether oxygens (including phenoxy) is 1. The SMILES string of the molecule is CCC(=O)NC1CCCN(CC(=O)Nc2ccccc2OC(F)F)C1. The van der Waals surface area contributed by atoms with Crippen LogP contribution in [0.3, 0.4) is 0 Å². The van der Waals surface area contributed by atoms with E-state index in [-0.39, 0.29) is 35.8 Å². The van der Waals surface area contributed by atoms with Crippen LogP contribution in [0.2, 0.25) is 0 Å². The lowest BCUT2D eigenvalue weighted by molar-refractivity contribution is -0.121. The first kappa shape index (κ1) is 19.1. The Morgan fingerprint density at radius 1 is 1.32 bits per heavy atom. The molecule has 0 aliphatic carbocycles. The maximum Gasteiger partial charge on any atom is 0.387 e. The van der Waals surface area contributed by atoms with Gasteiger partial charge in [0.1, 0.15) is 5.75 Å². The molecule has 1 fully saturated rings. The highest BCUT2D eigenvalue weighted by Crippen LogP contribution is 2.25. The average molecular weight is 355 g/mol. The number of benzene rings is 1. The summed E-state index contributed by atoms with van der Waals surface area (Å²) >= 11 is 0. The summed E-state index contributed by atoms with van der Waals surface area (Å²) in [5.41, 5.74) is 0.209. The molecule has 0 bridgehead atoms. The Labute approximate surface area is 145 Å². The maximum absolute atomic E-state index is 12.4. The Morgan fingerprint density at radius 2 is 2.08 bits per heavy atom. The van der Waals surface area contributed by atoms with Gasteiger partial charge in [0.2, 0.25) is 11.8 Å². The summed E-state index contributed by atoms with van der Waals surface area (Å²) in [6.45, 7) is 0.308. The first-order valence-electron chi connectivity index (χ1n) is 8.33. The molecule has 1 unspecified atom stereocenters. The van der Waals surface area contributed by atoms with Crippen molar-refractivity contribution in [3.05, 3.63) is 24.3 Å². The van der Waals surface area contributed by atoms with Crippen molar-refractivity contribution < 1.29 is 23.1 Å². The molecule has 0 saturated carbocycles. The zero-order valence-corrected chi connectivity index (χ0v) is 14.1. The van der Waals surface area contributed by atoms with E-state index in [9.17, 15) is 18.4 Å². The number of hydrogen-bond donors (Lipinski definition) is 2. The van der Waals surface area contributed by atoms with Crippen LogP contribution in [0.5, 0.6) is 5.75 Å². The second-order valence-electron chi connectivity index (χ2n) is 5.92. The number of amides is 2. The van der Waals surface area contributed by atoms with E-state index in [2.05, 4.69) is 15.4 Å². The largest absolute Gasteiger partial charge is 0.433 e. The number of halogens is 2. The van der Waals surface area contributed by atoms with Crippen molar-refractivity contribution in [3.8, 4) is 5.75 Å². The fraction of sp³-hybridized carbons (Fsp3) is 0.529. The van der Waals surface area contributed by atoms with Crippen LogP contribution in [0.15, 0.2) is 24.3 Å². The van der Waals surface area contributed by atoms with Crippen LogP contribution in [0.1, 0.15) is 26.2 Å². The third kappa shape index (κ3) is 6.30. The van der Waals surface area contributed by atoms with Crippen molar-refractivity contribution in [2.75, 3.05) is 25.0 Å². The summed E-state index contributed by atoms with van der Waals surface area (Å²) in [7, 11) is 0. The van der Waals surface area contributed by atoms with E-state index in [0.29, 0.717) is 13.0 Å². The molecule has 1 aliphatic heterocycles. The predicted molar refractivity (Wildman–Crippen MR) is 89.6 cm³/mol. The number of likely N-dealkylation sites (tertiary alicyclic amines) is 1. The summed E-state index contributed by atoms with van der Waals surface area (Å²) in [4.78, 5) is 25.7. The van der Waals surface area contributed by atoms with Gasteiger partial charge in [0, 0.05) is 19.0 Å². The van der Waals surface area contributed by atoms with Gasteiger partial charge in [-0.25, -0.2) is 0 Å². The van der Waals surface area contributed by atoms with Crippen molar-refractivity contribution in [1.82, 2.24) is 10.2 Å². The molecule has 1 aromatic rings. The van der Waals surface area contributed by atoms with Crippen LogP contribution in [0, 0.1) is 0 Å². The van der Waals surface area contributed by atoms with E-state index in [1.54, 1.807) is 19.1 Å². The molecule has 2 amide bonds. The monoisotopic (exact) mass is 355 g/mol. The van der Waals surface area contributed by atoms with Crippen LogP contribution in [0.4, 0.5) is 14.5 Å². The first-order valence-corrected chi connectivity index (χ1v) is 8.33. The van der Waals surface area contributed by atoms with Crippen LogP contribution in [0.25, 0.3) is 0 Å². The molecule has 1 saturated heterocycles. The van der Waals surface area contributed by atoms with Gasteiger partial charge in [-0.05, 0) is 31.5 Å². The highest BCUT2D eigenvalue weighted by molar-refractivity contribution is 5.93. The van der Waals surface area contributed by atoms with Crippen LogP contribution < -0.4 is 15.4 Å². The van der Waals surface area contributed by atoms with Gasteiger partial charge in [0.25, 0.3) is 0 Å². The normalized spacial score (nSPS) is 18.0. The lowest BCUT2D eigenvalue weighted by atomic mass is 10.1. The minimum absolute atomic E-state index is 0.00521. The van der Waals surface area contributed by atoms with Gasteiger partial charge in [-0.1, -0.05) is 19.1 Å². The van der Waals surface area contributed by atoms with Gasteiger partial charge in [-0.2, -0.15) is 8.78 Å². The third-order valence-electron chi connectivity index (χ3n) is 3.94. The Kier molecular flexibility index (Phi) is 7.12. The minimum atomic E-state index is -2.96. The van der Waals surface area contributed by atoms with Crippen LogP contribution >= 0.6 is 0 Å². The van der Waals surface area contributed by atoms with Crippen molar-refractivity contribution in [2.24, 2.45) is 0 Å². The van der Waals surface area contributed by atoms with Gasteiger partial charge >= 0.3 is 6.61 Å². The van der Waals surface area contributed by atoms with Gasteiger partial charge in [-0.3, -0.25) is 14.5 Å². The van der Waals surface area contributed by atoms with Gasteiger partial charge < -0.3 is 15.4 Å². The number of rotatable bonds is 7. The molecular formula is C17H23F2N3O3. The fourth-order valence-electron chi connectivity index (χ4n) is 2.81. The van der Waals surface area contributed by atoms with Crippen molar-refractivity contribution in [3.63, 3.8) is 0 Å². The van der Waals surface area contributed by atoms with Crippen LogP contribution in [-0.2, 0) is 9.59 Å². The quantitative estimate of drug-likeness (QED) is 0.787. The molecule has 138 valence electrons. The lowest BCUT2D eigenvalue weighted by Gasteiger charge is -2.32. The molecule has 1 heterocycles. The molecule has 1 aromatic carbocycles. The Hall–Kier alpha value is -2.22. The number of piperidine rings is 1. The summed E-state index contributed by atoms with van der Waals surface area (Å²) in [5.74, 6) is -0.389. The number of hydrogen-bond acceptors (Lipinski definition) is 4. The van der Waals surface area contributed by atoms with E-state index in [1.807, 2.05) is 4.90 Å². The molecule has 25 heavy (non-hydrogen) atoms. The van der Waals surface area contributed by atoms with E-state index >= 15 is 0 Å². The van der Waals surface area contributed by atoms with E-state index < -0.39 is 6.61 Å². The zero-order chi connectivity index (χ0) is 18.2. The fourth-order valence-corrected chi connectivity index (χ4v) is 2.81. The Balaban J connectivity index is 1.89. The highest BCUT2D eigenvalue weighted by atomic mass is 19.3. The molecule has 0 spiro atoms. The predicted octanol–water partition coefficient (Wildman–Crippen LogP) is 2.22. The second-order valence-corrected chi connectivity index (χ2v) is 5.92. The van der Waals surface area contributed by atoms with Crippen LogP contribution in [-0.4, -0.2) is 49.0 Å². The van der Waals surface area contributed by atoms with Crippen molar-refractivity contribution >= 4 is 17.5 Å². The Bertz CT molecular complexity index is 598. The number of nitrogens with one attached hydrogen (secondary N) is 2. The summed E-state index contributed by atoms with van der Waals surface area (Å²) in [6.07, 6.45) is 2.19. The summed E-state index contributed by atoms with van der Waals surface area (Å²) in [5, 5.41) is 5.54. The standard InChI is InChI=1S/C17H23F2N3O3/c1-2-15(23)20-12-6-5-9-22(10-12)11-16(24)21-13-7-3-4-8-14(13)25-17(18)19/h3-4,7-8,12,17H,2,5-6,9-11H2,1H3,(H,20,23)(H,21,24). The molecule has 0 radical (unpaired) electrons. The minimum Gasteiger partial charge on any atom is -0.433 e. The average Bonchev–Trinajstić information content (AvgIpc) is 2.56. The van der Waals surface area contributed by atoms with Gasteiger partial charge in [0.15, 0.2) is 0 Å². The van der Waals surface area contributed by atoms with E-state index in [0.717, 1.165) is 19.4 Å². The van der Waals surface area contributed by atoms with Crippen molar-refractivity contribution in [1.29, 1.82) is 0 Å². The molecule has 1 aliphatic rings. The number of anilines is 1. The lowest BCUT2D eigenvalue weighted by Crippen LogP contribution is -2.49. The van der Waals surface area contributed by atoms with Gasteiger partial charge in [0.05, 0.1) is 12.2 Å². The summed E-state index contributed by atoms with van der Waals surface area (Å²) in [6, 6.07) is 6.10. The summed E-state index contributed by atoms with van der Waals surface area (Å²) < 4.78 is 29.2. The maximum atomic E-state index is 12.4. The number of alkyl halides is 2. The smallest absolute Gasteiger partial charge is 0.387 e. The number of carbonyl (C=O) groups excluding carboxylic acids is 2. The van der Waals surface area contributed by atoms with E-state index in [4.69, 9.17) is 0 Å². The number of para-hydroxylation sites is 2. The van der Waals surface area contributed by atoms with E-state index in [1.165, 1.54) is 12.1 Å². The topological polar surface area (TPSA) is 70.7 Å². The zero-order valence-electron chi connectivity index (χ0n) is 14.1. The highest BCUT2D eigenvalue weighted by Gasteiger charge is 2.23. The van der Waals surface area contributed by atoms with Gasteiger partial charge in [-0.15, -0.1) is 0 Å². The molecular weight excluding hydrogens is 332 g/mol. The number of nitrogens with zero attached hydrogens (tertiary/aromatic N) is 1. The molecule has 1 atom stereocenters.